The number of rotatable bonds is 7. The topological polar surface area (TPSA) is 101 Å². The second-order valence-electron chi connectivity index (χ2n) is 6.75. The van der Waals surface area contributed by atoms with Crippen molar-refractivity contribution in [2.24, 2.45) is 10.2 Å². The number of anilines is 1. The van der Waals surface area contributed by atoms with E-state index in [0.29, 0.717) is 29.3 Å². The summed E-state index contributed by atoms with van der Waals surface area (Å²) in [5.41, 5.74) is 1.53. The lowest BCUT2D eigenvalue weighted by atomic mass is 10.1. The van der Waals surface area contributed by atoms with Gasteiger partial charge in [0, 0.05) is 23.7 Å². The maximum absolute atomic E-state index is 13.9. The van der Waals surface area contributed by atoms with E-state index in [2.05, 4.69) is 20.8 Å². The van der Waals surface area contributed by atoms with Gasteiger partial charge in [-0.2, -0.15) is 5.10 Å². The van der Waals surface area contributed by atoms with E-state index < -0.39 is 11.1 Å². The molecule has 2 N–H and O–H groups in total. The van der Waals surface area contributed by atoms with Crippen LogP contribution in [0.4, 0.5) is 10.1 Å². The average Bonchev–Trinajstić information content (AvgIpc) is 2.77. The first kappa shape index (κ1) is 23.3. The number of methoxy groups -OCH3 is 1. The van der Waals surface area contributed by atoms with Crippen LogP contribution in [0.5, 0.6) is 11.5 Å². The molecule has 2 aromatic carbocycles. The highest BCUT2D eigenvalue weighted by molar-refractivity contribution is 8.15. The fraction of sp³-hybridized carbons (Fsp3) is 0.273. The standard InChI is InChI=1S/C22H23FN4O4S/c1-4-31-16-7-5-6-15(11-16)24-21(29)19-12-20(28)25-22(32-19)27-26-13(2)14-8-9-18(30-3)17(23)10-14/h5-11,19H,4,12H2,1-3H3,(H,24,29)(H,25,27,28)/b26-13-/t19-/m0/s1. The predicted octanol–water partition coefficient (Wildman–Crippen LogP) is 3.57. The van der Waals surface area contributed by atoms with E-state index >= 15 is 0 Å². The number of benzene rings is 2. The third-order valence-electron chi connectivity index (χ3n) is 4.44. The van der Waals surface area contributed by atoms with E-state index in [1.165, 1.54) is 19.2 Å². The van der Waals surface area contributed by atoms with Gasteiger partial charge in [0.15, 0.2) is 16.7 Å². The third-order valence-corrected chi connectivity index (χ3v) is 5.51. The summed E-state index contributed by atoms with van der Waals surface area (Å²) < 4.78 is 24.3. The molecule has 0 aliphatic carbocycles. The Bertz CT molecular complexity index is 1070. The summed E-state index contributed by atoms with van der Waals surface area (Å²) in [5.74, 6) is -0.416. The lowest BCUT2D eigenvalue weighted by molar-refractivity contribution is -0.123. The van der Waals surface area contributed by atoms with Crippen LogP contribution in [-0.4, -0.2) is 41.7 Å². The van der Waals surface area contributed by atoms with Gasteiger partial charge in [0.1, 0.15) is 11.0 Å². The average molecular weight is 459 g/mol. The van der Waals surface area contributed by atoms with Crippen molar-refractivity contribution < 1.29 is 23.5 Å². The number of hydrogen-bond acceptors (Lipinski definition) is 7. The number of hydrogen-bond donors (Lipinski definition) is 2. The molecular formula is C22H23FN4O4S. The Morgan fingerprint density at radius 3 is 2.84 bits per heavy atom. The highest BCUT2D eigenvalue weighted by Gasteiger charge is 2.30. The van der Waals surface area contributed by atoms with Crippen LogP contribution >= 0.6 is 11.8 Å². The first-order valence-electron chi connectivity index (χ1n) is 9.86. The maximum atomic E-state index is 13.9. The number of nitrogens with zero attached hydrogens (tertiary/aromatic N) is 2. The number of nitrogens with one attached hydrogen (secondary N) is 2. The summed E-state index contributed by atoms with van der Waals surface area (Å²) in [6, 6.07) is 11.5. The molecule has 168 valence electrons. The molecule has 1 fully saturated rings. The molecule has 0 aromatic heterocycles. The van der Waals surface area contributed by atoms with Crippen LogP contribution in [0.3, 0.4) is 0 Å². The van der Waals surface area contributed by atoms with E-state index in [-0.39, 0.29) is 29.2 Å². The monoisotopic (exact) mass is 458 g/mol. The molecule has 0 bridgehead atoms. The Morgan fingerprint density at radius 2 is 2.12 bits per heavy atom. The summed E-state index contributed by atoms with van der Waals surface area (Å²) in [7, 11) is 1.39. The first-order chi connectivity index (χ1) is 15.4. The molecule has 0 spiro atoms. The molecule has 0 radical (unpaired) electrons. The van der Waals surface area contributed by atoms with Gasteiger partial charge in [-0.1, -0.05) is 17.8 Å². The molecule has 8 nitrogen and oxygen atoms in total. The molecule has 1 heterocycles. The summed E-state index contributed by atoms with van der Waals surface area (Å²) in [5, 5.41) is 13.0. The van der Waals surface area contributed by atoms with E-state index in [0.717, 1.165) is 11.8 Å². The van der Waals surface area contributed by atoms with Crippen molar-refractivity contribution in [1.82, 2.24) is 5.32 Å². The van der Waals surface area contributed by atoms with Crippen LogP contribution in [-0.2, 0) is 9.59 Å². The van der Waals surface area contributed by atoms with E-state index in [1.807, 2.05) is 6.92 Å². The maximum Gasteiger partial charge on any atom is 0.238 e. The summed E-state index contributed by atoms with van der Waals surface area (Å²) in [6.45, 7) is 4.05. The number of carbonyl (C=O) groups excluding carboxylic acids is 2. The van der Waals surface area contributed by atoms with Gasteiger partial charge in [-0.25, -0.2) is 4.39 Å². The van der Waals surface area contributed by atoms with Gasteiger partial charge in [-0.05, 0) is 44.2 Å². The zero-order valence-electron chi connectivity index (χ0n) is 17.8. The van der Waals surface area contributed by atoms with Gasteiger partial charge in [-0.15, -0.1) is 5.10 Å². The van der Waals surface area contributed by atoms with Gasteiger partial charge in [0.2, 0.25) is 11.8 Å². The zero-order chi connectivity index (χ0) is 23.1. The quantitative estimate of drug-likeness (QED) is 0.488. The molecule has 1 aliphatic rings. The van der Waals surface area contributed by atoms with Gasteiger partial charge >= 0.3 is 0 Å². The van der Waals surface area contributed by atoms with Crippen LogP contribution < -0.4 is 20.1 Å². The predicted molar refractivity (Wildman–Crippen MR) is 123 cm³/mol. The molecular weight excluding hydrogens is 435 g/mol. The van der Waals surface area contributed by atoms with Crippen LogP contribution in [0.15, 0.2) is 52.7 Å². The van der Waals surface area contributed by atoms with Crippen LogP contribution in [0, 0.1) is 5.82 Å². The molecule has 1 saturated heterocycles. The normalized spacial score (nSPS) is 17.6. The Hall–Kier alpha value is -3.40. The number of thioether (sulfide) groups is 1. The van der Waals surface area contributed by atoms with Crippen LogP contribution in [0.2, 0.25) is 0 Å². The molecule has 1 aliphatic heterocycles. The number of amidine groups is 1. The van der Waals surface area contributed by atoms with E-state index in [9.17, 15) is 14.0 Å². The summed E-state index contributed by atoms with van der Waals surface area (Å²) >= 11 is 1.10. The molecule has 0 saturated carbocycles. The second kappa shape index (κ2) is 10.8. The largest absolute Gasteiger partial charge is 0.494 e. The Morgan fingerprint density at radius 1 is 1.31 bits per heavy atom. The van der Waals surface area contributed by atoms with Gasteiger partial charge < -0.3 is 20.1 Å². The van der Waals surface area contributed by atoms with E-state index in [4.69, 9.17) is 9.47 Å². The minimum atomic E-state index is -0.674. The smallest absolute Gasteiger partial charge is 0.238 e. The van der Waals surface area contributed by atoms with E-state index in [1.54, 1.807) is 37.3 Å². The number of halogens is 1. The molecule has 32 heavy (non-hydrogen) atoms. The van der Waals surface area contributed by atoms with Crippen LogP contribution in [0.25, 0.3) is 0 Å². The zero-order valence-corrected chi connectivity index (χ0v) is 18.7. The number of carbonyl (C=O) groups is 2. The fourth-order valence-corrected chi connectivity index (χ4v) is 3.79. The Balaban J connectivity index is 1.70. The fourth-order valence-electron chi connectivity index (χ4n) is 2.86. The summed E-state index contributed by atoms with van der Waals surface area (Å²) in [6.07, 6.45) is 0.00700. The highest BCUT2D eigenvalue weighted by atomic mass is 32.2. The first-order valence-corrected chi connectivity index (χ1v) is 10.7. The molecule has 3 rings (SSSR count). The van der Waals surface area contributed by atoms with Gasteiger partial charge in [0.25, 0.3) is 0 Å². The minimum absolute atomic E-state index is 0.00700. The third kappa shape index (κ3) is 6.07. The van der Waals surface area contributed by atoms with Crippen molar-refractivity contribution in [1.29, 1.82) is 0 Å². The summed E-state index contributed by atoms with van der Waals surface area (Å²) in [4.78, 5) is 24.8. The molecule has 10 heteroatoms. The lowest BCUT2D eigenvalue weighted by Crippen LogP contribution is -2.41. The van der Waals surface area contributed by atoms with Crippen molar-refractivity contribution in [2.75, 3.05) is 19.0 Å². The van der Waals surface area contributed by atoms with Crippen molar-refractivity contribution in [3.05, 3.63) is 53.8 Å². The van der Waals surface area contributed by atoms with Crippen molar-refractivity contribution in [3.8, 4) is 11.5 Å². The molecule has 2 aromatic rings. The SMILES string of the molecule is CCOc1cccc(NC(=O)[C@@H]2CC(=O)NC(=N/N=C(/C)c3ccc(OC)c(F)c3)S2)c1. The number of amides is 2. The Labute approximate surface area is 189 Å². The molecule has 1 atom stereocenters. The second-order valence-corrected chi connectivity index (χ2v) is 7.94. The molecule has 2 amide bonds. The molecule has 0 unspecified atom stereocenters. The lowest BCUT2D eigenvalue weighted by Gasteiger charge is -2.21. The Kier molecular flexibility index (Phi) is 7.82. The van der Waals surface area contributed by atoms with Crippen molar-refractivity contribution in [3.63, 3.8) is 0 Å². The highest BCUT2D eigenvalue weighted by Crippen LogP contribution is 2.24. The van der Waals surface area contributed by atoms with Crippen LogP contribution in [0.1, 0.15) is 25.8 Å². The van der Waals surface area contributed by atoms with Gasteiger partial charge in [-0.3, -0.25) is 9.59 Å². The van der Waals surface area contributed by atoms with Crippen molar-refractivity contribution in [2.45, 2.75) is 25.5 Å². The number of ether oxygens (including phenoxy) is 2. The van der Waals surface area contributed by atoms with Gasteiger partial charge in [0.05, 0.1) is 19.4 Å². The minimum Gasteiger partial charge on any atom is -0.494 e. The van der Waals surface area contributed by atoms with Crippen molar-refractivity contribution >= 4 is 40.1 Å².